The number of rotatable bonds is 9. The van der Waals surface area contributed by atoms with Gasteiger partial charge in [-0.15, -0.1) is 0 Å². The van der Waals surface area contributed by atoms with Crippen LogP contribution in [-0.2, 0) is 17.6 Å². The van der Waals surface area contributed by atoms with Crippen LogP contribution in [0.3, 0.4) is 0 Å². The predicted octanol–water partition coefficient (Wildman–Crippen LogP) is 5.73. The highest BCUT2D eigenvalue weighted by Crippen LogP contribution is 2.43. The van der Waals surface area contributed by atoms with Gasteiger partial charge in [0.15, 0.2) is 11.5 Å². The molecule has 190 valence electrons. The summed E-state index contributed by atoms with van der Waals surface area (Å²) in [7, 11) is 3.35. The Hall–Kier alpha value is -3.31. The Morgan fingerprint density at radius 1 is 1.00 bits per heavy atom. The molecule has 0 saturated carbocycles. The third kappa shape index (κ3) is 5.41. The van der Waals surface area contributed by atoms with E-state index in [1.807, 2.05) is 18.2 Å². The fraction of sp³-hybridized carbons (Fsp3) is 0.387. The van der Waals surface area contributed by atoms with Crippen molar-refractivity contribution in [2.45, 2.75) is 52.1 Å². The Kier molecular flexibility index (Phi) is 8.32. The van der Waals surface area contributed by atoms with Crippen molar-refractivity contribution in [3.05, 3.63) is 94.0 Å². The quantitative estimate of drug-likeness (QED) is 0.420. The first kappa shape index (κ1) is 25.8. The minimum Gasteiger partial charge on any atom is -0.493 e. The van der Waals surface area contributed by atoms with Crippen LogP contribution in [0, 0.1) is 13.8 Å². The maximum absolute atomic E-state index is 13.6. The lowest BCUT2D eigenvalue weighted by Crippen LogP contribution is -2.46. The smallest absolute Gasteiger partial charge is 0.241 e. The van der Waals surface area contributed by atoms with E-state index in [9.17, 15) is 4.79 Å². The Morgan fingerprint density at radius 2 is 1.72 bits per heavy atom. The molecule has 1 aliphatic heterocycles. The van der Waals surface area contributed by atoms with E-state index in [1.165, 1.54) is 27.8 Å². The normalized spacial score (nSPS) is 16.2. The summed E-state index contributed by atoms with van der Waals surface area (Å²) in [4.78, 5) is 16.0. The minimum absolute atomic E-state index is 0.00763. The van der Waals surface area contributed by atoms with E-state index in [0.29, 0.717) is 6.54 Å². The molecule has 5 heteroatoms. The fourth-order valence-electron chi connectivity index (χ4n) is 5.21. The highest BCUT2D eigenvalue weighted by atomic mass is 16.5. The van der Waals surface area contributed by atoms with Crippen molar-refractivity contribution in [2.75, 3.05) is 27.3 Å². The zero-order valence-electron chi connectivity index (χ0n) is 22.1. The Balaban J connectivity index is 1.83. The van der Waals surface area contributed by atoms with Gasteiger partial charge < -0.3 is 14.8 Å². The number of fused-ring (bicyclic) bond motifs is 1. The van der Waals surface area contributed by atoms with E-state index in [1.54, 1.807) is 14.2 Å². The van der Waals surface area contributed by atoms with Crippen molar-refractivity contribution >= 4 is 5.91 Å². The molecule has 0 fully saturated rings. The number of amides is 1. The van der Waals surface area contributed by atoms with Crippen LogP contribution in [0.1, 0.15) is 58.8 Å². The third-order valence-electron chi connectivity index (χ3n) is 7.29. The van der Waals surface area contributed by atoms with Gasteiger partial charge in [-0.05, 0) is 78.6 Å². The lowest BCUT2D eigenvalue weighted by atomic mass is 9.85. The van der Waals surface area contributed by atoms with Crippen LogP contribution < -0.4 is 14.8 Å². The van der Waals surface area contributed by atoms with E-state index in [-0.39, 0.29) is 18.0 Å². The Bertz CT molecular complexity index is 1190. The lowest BCUT2D eigenvalue weighted by molar-refractivity contribution is -0.128. The van der Waals surface area contributed by atoms with Crippen LogP contribution in [-0.4, -0.2) is 38.1 Å². The minimum atomic E-state index is -0.379. The van der Waals surface area contributed by atoms with Crippen molar-refractivity contribution in [1.29, 1.82) is 0 Å². The molecule has 3 aromatic rings. The Labute approximate surface area is 215 Å². The molecule has 3 aromatic carbocycles. The summed E-state index contributed by atoms with van der Waals surface area (Å²) in [5.41, 5.74) is 7.28. The van der Waals surface area contributed by atoms with Gasteiger partial charge in [-0.25, -0.2) is 0 Å². The van der Waals surface area contributed by atoms with Crippen molar-refractivity contribution in [3.8, 4) is 11.5 Å². The molecular weight excluding hydrogens is 448 g/mol. The number of benzene rings is 3. The van der Waals surface area contributed by atoms with Gasteiger partial charge in [-0.2, -0.15) is 0 Å². The number of nitrogens with one attached hydrogen (secondary N) is 1. The third-order valence-corrected chi connectivity index (χ3v) is 7.29. The van der Waals surface area contributed by atoms with Crippen molar-refractivity contribution in [1.82, 2.24) is 10.2 Å². The summed E-state index contributed by atoms with van der Waals surface area (Å²) in [6.45, 7) is 7.82. The van der Waals surface area contributed by atoms with Crippen LogP contribution in [0.4, 0.5) is 0 Å². The second-order valence-corrected chi connectivity index (χ2v) is 9.64. The highest BCUT2D eigenvalue weighted by molar-refractivity contribution is 5.83. The van der Waals surface area contributed by atoms with Gasteiger partial charge in [0.1, 0.15) is 6.04 Å². The fourth-order valence-corrected chi connectivity index (χ4v) is 5.21. The van der Waals surface area contributed by atoms with Gasteiger partial charge in [0.2, 0.25) is 5.91 Å². The van der Waals surface area contributed by atoms with Crippen LogP contribution >= 0.6 is 0 Å². The second-order valence-electron chi connectivity index (χ2n) is 9.64. The SMILES string of the molecule is CCCNC(=O)[C@@H](c1ccccc1)N1CCc2cc(OC)c(OC)cc2[C@@H]1Cc1ccc(C)c(C)c1. The molecule has 0 bridgehead atoms. The summed E-state index contributed by atoms with van der Waals surface area (Å²) in [6, 6.07) is 20.7. The Morgan fingerprint density at radius 3 is 2.39 bits per heavy atom. The van der Waals surface area contributed by atoms with Crippen molar-refractivity contribution in [3.63, 3.8) is 0 Å². The van der Waals surface area contributed by atoms with Crippen LogP contribution in [0.2, 0.25) is 0 Å². The maximum Gasteiger partial charge on any atom is 0.241 e. The maximum atomic E-state index is 13.6. The summed E-state index contributed by atoms with van der Waals surface area (Å²) >= 11 is 0. The molecule has 5 nitrogen and oxygen atoms in total. The molecule has 4 rings (SSSR count). The first-order valence-corrected chi connectivity index (χ1v) is 12.9. The number of hydrogen-bond acceptors (Lipinski definition) is 4. The monoisotopic (exact) mass is 486 g/mol. The summed E-state index contributed by atoms with van der Waals surface area (Å²) in [5.74, 6) is 1.52. The van der Waals surface area contributed by atoms with E-state index >= 15 is 0 Å². The molecule has 0 aliphatic carbocycles. The van der Waals surface area contributed by atoms with Crippen LogP contribution in [0.5, 0.6) is 11.5 Å². The van der Waals surface area contributed by atoms with Gasteiger partial charge >= 0.3 is 0 Å². The van der Waals surface area contributed by atoms with Crippen LogP contribution in [0.25, 0.3) is 0 Å². The first-order chi connectivity index (χ1) is 17.5. The summed E-state index contributed by atoms with van der Waals surface area (Å²) in [6.07, 6.45) is 2.54. The number of methoxy groups -OCH3 is 2. The number of aryl methyl sites for hydroxylation is 2. The molecule has 0 saturated heterocycles. The molecule has 1 aliphatic rings. The highest BCUT2D eigenvalue weighted by Gasteiger charge is 2.37. The van der Waals surface area contributed by atoms with Crippen molar-refractivity contribution < 1.29 is 14.3 Å². The van der Waals surface area contributed by atoms with E-state index in [0.717, 1.165) is 42.9 Å². The molecule has 0 aromatic heterocycles. The van der Waals surface area contributed by atoms with Gasteiger partial charge in [-0.1, -0.05) is 55.5 Å². The molecular formula is C31H38N2O3. The average molecular weight is 487 g/mol. The molecule has 36 heavy (non-hydrogen) atoms. The summed E-state index contributed by atoms with van der Waals surface area (Å²) < 4.78 is 11.3. The number of carbonyl (C=O) groups is 1. The second kappa shape index (κ2) is 11.6. The average Bonchev–Trinajstić information content (AvgIpc) is 2.90. The lowest BCUT2D eigenvalue weighted by Gasteiger charge is -2.42. The number of hydrogen-bond donors (Lipinski definition) is 1. The molecule has 0 radical (unpaired) electrons. The number of ether oxygens (including phenoxy) is 2. The zero-order valence-corrected chi connectivity index (χ0v) is 22.1. The van der Waals surface area contributed by atoms with Gasteiger partial charge in [0.25, 0.3) is 0 Å². The molecule has 2 atom stereocenters. The van der Waals surface area contributed by atoms with Gasteiger partial charge in [-0.3, -0.25) is 9.69 Å². The molecule has 0 spiro atoms. The zero-order chi connectivity index (χ0) is 25.7. The first-order valence-electron chi connectivity index (χ1n) is 12.9. The topological polar surface area (TPSA) is 50.8 Å². The van der Waals surface area contributed by atoms with Crippen LogP contribution in [0.15, 0.2) is 60.7 Å². The summed E-state index contributed by atoms with van der Waals surface area (Å²) in [5, 5.41) is 3.17. The molecule has 1 heterocycles. The van der Waals surface area contributed by atoms with E-state index in [4.69, 9.17) is 9.47 Å². The van der Waals surface area contributed by atoms with E-state index in [2.05, 4.69) is 73.5 Å². The van der Waals surface area contributed by atoms with Gasteiger partial charge in [0.05, 0.1) is 14.2 Å². The molecule has 1 N–H and O–H groups in total. The largest absolute Gasteiger partial charge is 0.493 e. The number of carbonyl (C=O) groups excluding carboxylic acids is 1. The molecule has 1 amide bonds. The number of nitrogens with zero attached hydrogens (tertiary/aromatic N) is 1. The predicted molar refractivity (Wildman–Crippen MR) is 145 cm³/mol. The van der Waals surface area contributed by atoms with Gasteiger partial charge in [0, 0.05) is 19.1 Å². The van der Waals surface area contributed by atoms with E-state index < -0.39 is 0 Å². The standard InChI is InChI=1S/C31H38N2O3/c1-6-15-32-31(34)30(24-10-8-7-9-11-24)33-16-14-25-19-28(35-4)29(36-5)20-26(25)27(33)18-23-13-12-21(2)22(3)17-23/h7-13,17,19-20,27,30H,6,14-16,18H2,1-5H3,(H,32,34)/t27-,30+/m0/s1. The van der Waals surface area contributed by atoms with Crippen molar-refractivity contribution in [2.24, 2.45) is 0 Å². The molecule has 0 unspecified atom stereocenters.